The fraction of sp³-hybridized carbons (Fsp3) is 0.154. The second-order valence-electron chi connectivity index (χ2n) is 7.44. The summed E-state index contributed by atoms with van der Waals surface area (Å²) in [6.45, 7) is 2.74. The Labute approximate surface area is 195 Å². The Morgan fingerprint density at radius 3 is 2.12 bits per heavy atom. The molecule has 3 aromatic rings. The third-order valence-corrected chi connectivity index (χ3v) is 5.89. The molecule has 0 bridgehead atoms. The van der Waals surface area contributed by atoms with Crippen LogP contribution in [0.2, 0.25) is 0 Å². The lowest BCUT2D eigenvalue weighted by Crippen LogP contribution is -2.27. The minimum Gasteiger partial charge on any atom is -0.490 e. The van der Waals surface area contributed by atoms with Crippen LogP contribution in [0, 0.1) is 12.7 Å². The molecule has 0 N–H and O–H groups in total. The fourth-order valence-corrected chi connectivity index (χ4v) is 4.04. The van der Waals surface area contributed by atoms with Crippen LogP contribution in [-0.2, 0) is 11.3 Å². The fourth-order valence-electron chi connectivity index (χ4n) is 3.20. The smallest absolute Gasteiger partial charge is 0.293 e. The van der Waals surface area contributed by atoms with Crippen molar-refractivity contribution in [1.29, 1.82) is 0 Å². The van der Waals surface area contributed by atoms with E-state index in [1.54, 1.807) is 48.5 Å². The van der Waals surface area contributed by atoms with E-state index in [0.717, 1.165) is 28.0 Å². The van der Waals surface area contributed by atoms with Crippen molar-refractivity contribution in [3.63, 3.8) is 0 Å². The summed E-state index contributed by atoms with van der Waals surface area (Å²) in [4.78, 5) is 26.3. The summed E-state index contributed by atoms with van der Waals surface area (Å²) in [6, 6.07) is 21.1. The topological polar surface area (TPSA) is 55.8 Å². The Balaban J connectivity index is 1.31. The Hall–Kier alpha value is -3.58. The average Bonchev–Trinajstić information content (AvgIpc) is 3.07. The molecule has 0 aromatic heterocycles. The number of benzene rings is 3. The van der Waals surface area contributed by atoms with Crippen LogP contribution in [0.1, 0.15) is 16.7 Å². The Kier molecular flexibility index (Phi) is 7.10. The van der Waals surface area contributed by atoms with Crippen LogP contribution in [0.15, 0.2) is 77.7 Å². The van der Waals surface area contributed by atoms with Gasteiger partial charge in [-0.05, 0) is 60.7 Å². The van der Waals surface area contributed by atoms with E-state index in [9.17, 15) is 14.0 Å². The molecular formula is C26H22FNO4S. The van der Waals surface area contributed by atoms with Crippen molar-refractivity contribution in [2.75, 3.05) is 13.2 Å². The lowest BCUT2D eigenvalue weighted by molar-refractivity contribution is -0.123. The third-order valence-electron chi connectivity index (χ3n) is 4.98. The summed E-state index contributed by atoms with van der Waals surface area (Å²) in [5.74, 6) is 0.595. The van der Waals surface area contributed by atoms with Gasteiger partial charge in [0.1, 0.15) is 30.5 Å². The lowest BCUT2D eigenvalue weighted by atomic mass is 10.2. The molecule has 1 aliphatic rings. The van der Waals surface area contributed by atoms with Crippen LogP contribution in [0.25, 0.3) is 6.08 Å². The molecule has 1 aliphatic heterocycles. The molecule has 2 amide bonds. The molecule has 0 unspecified atom stereocenters. The second-order valence-corrected chi connectivity index (χ2v) is 8.43. The van der Waals surface area contributed by atoms with Gasteiger partial charge in [0, 0.05) is 5.56 Å². The maximum Gasteiger partial charge on any atom is 0.293 e. The molecule has 1 fully saturated rings. The zero-order chi connectivity index (χ0) is 23.2. The molecule has 0 aliphatic carbocycles. The van der Waals surface area contributed by atoms with Crippen molar-refractivity contribution in [3.05, 3.63) is 100 Å². The first-order valence-electron chi connectivity index (χ1n) is 10.4. The summed E-state index contributed by atoms with van der Waals surface area (Å²) in [5.41, 5.74) is 2.23. The SMILES string of the molecule is Cc1ccc(OCCOc2ccc(/C=C3\SC(=O)N(Cc4ccccc4F)C3=O)cc2)cc1. The Bertz CT molecular complexity index is 1180. The lowest BCUT2D eigenvalue weighted by Gasteiger charge is -2.12. The van der Waals surface area contributed by atoms with Crippen molar-refractivity contribution >= 4 is 29.0 Å². The number of thioether (sulfide) groups is 1. The van der Waals surface area contributed by atoms with Crippen LogP contribution in [0.4, 0.5) is 9.18 Å². The molecule has 33 heavy (non-hydrogen) atoms. The highest BCUT2D eigenvalue weighted by Gasteiger charge is 2.35. The van der Waals surface area contributed by atoms with E-state index in [2.05, 4.69) is 0 Å². The van der Waals surface area contributed by atoms with E-state index in [1.165, 1.54) is 11.6 Å². The molecule has 0 spiro atoms. The Morgan fingerprint density at radius 2 is 1.48 bits per heavy atom. The molecule has 0 atom stereocenters. The van der Waals surface area contributed by atoms with Crippen LogP contribution in [0.5, 0.6) is 11.5 Å². The molecule has 168 valence electrons. The summed E-state index contributed by atoms with van der Waals surface area (Å²) in [7, 11) is 0. The van der Waals surface area contributed by atoms with Gasteiger partial charge >= 0.3 is 0 Å². The quantitative estimate of drug-likeness (QED) is 0.311. The number of imide groups is 1. The van der Waals surface area contributed by atoms with Gasteiger partial charge in [-0.25, -0.2) is 4.39 Å². The van der Waals surface area contributed by atoms with Gasteiger partial charge in [0.15, 0.2) is 0 Å². The molecule has 1 heterocycles. The predicted molar refractivity (Wildman–Crippen MR) is 127 cm³/mol. The Morgan fingerprint density at radius 1 is 0.879 bits per heavy atom. The molecule has 1 saturated heterocycles. The van der Waals surface area contributed by atoms with Crippen molar-refractivity contribution in [3.8, 4) is 11.5 Å². The highest BCUT2D eigenvalue weighted by Crippen LogP contribution is 2.33. The van der Waals surface area contributed by atoms with Crippen molar-refractivity contribution in [2.24, 2.45) is 0 Å². The van der Waals surface area contributed by atoms with E-state index in [0.29, 0.717) is 29.4 Å². The normalized spacial score (nSPS) is 14.7. The molecular weight excluding hydrogens is 441 g/mol. The zero-order valence-corrected chi connectivity index (χ0v) is 18.8. The van der Waals surface area contributed by atoms with E-state index in [1.807, 2.05) is 31.2 Å². The monoisotopic (exact) mass is 463 g/mol. The van der Waals surface area contributed by atoms with Crippen LogP contribution >= 0.6 is 11.8 Å². The predicted octanol–water partition coefficient (Wildman–Crippen LogP) is 5.83. The van der Waals surface area contributed by atoms with Gasteiger partial charge in [-0.2, -0.15) is 0 Å². The van der Waals surface area contributed by atoms with Crippen molar-refractivity contribution in [1.82, 2.24) is 4.90 Å². The zero-order valence-electron chi connectivity index (χ0n) is 18.0. The van der Waals surface area contributed by atoms with Crippen LogP contribution in [0.3, 0.4) is 0 Å². The maximum atomic E-state index is 13.9. The van der Waals surface area contributed by atoms with Gasteiger partial charge < -0.3 is 9.47 Å². The maximum absolute atomic E-state index is 13.9. The number of nitrogens with zero attached hydrogens (tertiary/aromatic N) is 1. The number of rotatable bonds is 8. The standard InChI is InChI=1S/C26H22FNO4S/c1-18-6-10-21(11-7-18)31-14-15-32-22-12-8-19(9-13-22)16-24-25(29)28(26(30)33-24)17-20-4-2-3-5-23(20)27/h2-13,16H,14-15,17H2,1H3/b24-16-. The van der Waals surface area contributed by atoms with Gasteiger partial charge in [0.25, 0.3) is 11.1 Å². The van der Waals surface area contributed by atoms with Crippen LogP contribution < -0.4 is 9.47 Å². The van der Waals surface area contributed by atoms with E-state index >= 15 is 0 Å². The molecule has 5 nitrogen and oxygen atoms in total. The van der Waals surface area contributed by atoms with Gasteiger partial charge in [0.2, 0.25) is 0 Å². The highest BCUT2D eigenvalue weighted by atomic mass is 32.2. The average molecular weight is 464 g/mol. The molecule has 0 radical (unpaired) electrons. The summed E-state index contributed by atoms with van der Waals surface area (Å²) in [6.07, 6.45) is 1.65. The van der Waals surface area contributed by atoms with E-state index < -0.39 is 17.0 Å². The van der Waals surface area contributed by atoms with Gasteiger partial charge in [0.05, 0.1) is 11.4 Å². The number of halogens is 1. The van der Waals surface area contributed by atoms with Gasteiger partial charge in [-0.15, -0.1) is 0 Å². The summed E-state index contributed by atoms with van der Waals surface area (Å²) < 4.78 is 25.2. The van der Waals surface area contributed by atoms with Crippen molar-refractivity contribution in [2.45, 2.75) is 13.5 Å². The second kappa shape index (κ2) is 10.4. The molecule has 4 rings (SSSR count). The molecule has 3 aromatic carbocycles. The molecule has 7 heteroatoms. The molecule has 0 saturated carbocycles. The summed E-state index contributed by atoms with van der Waals surface area (Å²) >= 11 is 0.850. The largest absolute Gasteiger partial charge is 0.490 e. The summed E-state index contributed by atoms with van der Waals surface area (Å²) in [5, 5.41) is -0.414. The minimum absolute atomic E-state index is 0.0912. The minimum atomic E-state index is -0.444. The van der Waals surface area contributed by atoms with Crippen LogP contribution in [-0.4, -0.2) is 29.3 Å². The number of carbonyl (C=O) groups is 2. The van der Waals surface area contributed by atoms with E-state index in [-0.39, 0.29) is 6.54 Å². The number of carbonyl (C=O) groups excluding carboxylic acids is 2. The van der Waals surface area contributed by atoms with E-state index in [4.69, 9.17) is 9.47 Å². The van der Waals surface area contributed by atoms with Gasteiger partial charge in [-0.3, -0.25) is 14.5 Å². The van der Waals surface area contributed by atoms with Crippen molar-refractivity contribution < 1.29 is 23.5 Å². The first-order valence-corrected chi connectivity index (χ1v) is 11.2. The number of hydrogen-bond donors (Lipinski definition) is 0. The third kappa shape index (κ3) is 5.81. The first-order chi connectivity index (χ1) is 16.0. The first kappa shape index (κ1) is 22.6. The number of aryl methyl sites for hydroxylation is 1. The highest BCUT2D eigenvalue weighted by molar-refractivity contribution is 8.18. The number of amides is 2. The van der Waals surface area contributed by atoms with Gasteiger partial charge in [-0.1, -0.05) is 48.0 Å². The number of hydrogen-bond acceptors (Lipinski definition) is 5. The number of ether oxygens (including phenoxy) is 2.